The normalized spacial score (nSPS) is 11.3. The maximum atomic E-state index is 12.8. The van der Waals surface area contributed by atoms with Crippen LogP contribution in [-0.2, 0) is 11.3 Å². The third-order valence-electron chi connectivity index (χ3n) is 5.73. The Morgan fingerprint density at radius 2 is 1.74 bits per heavy atom. The van der Waals surface area contributed by atoms with Crippen LogP contribution in [0.1, 0.15) is 22.4 Å². The van der Waals surface area contributed by atoms with Gasteiger partial charge in [0.2, 0.25) is 0 Å². The summed E-state index contributed by atoms with van der Waals surface area (Å²) in [5, 5.41) is 24.4. The third kappa shape index (κ3) is 4.57. The van der Waals surface area contributed by atoms with Gasteiger partial charge in [0.1, 0.15) is 11.6 Å². The Labute approximate surface area is 196 Å². The molecule has 7 heteroatoms. The Bertz CT molecular complexity index is 1460. The zero-order valence-corrected chi connectivity index (χ0v) is 18.8. The summed E-state index contributed by atoms with van der Waals surface area (Å²) in [5.41, 5.74) is 5.26. The summed E-state index contributed by atoms with van der Waals surface area (Å²) in [5.74, 6) is -0.474. The number of amides is 1. The number of non-ortho nitro benzene ring substituents is 1. The Kier molecular flexibility index (Phi) is 6.24. The van der Waals surface area contributed by atoms with Gasteiger partial charge in [0.05, 0.1) is 4.92 Å². The molecule has 0 fully saturated rings. The maximum Gasteiger partial charge on any atom is 0.269 e. The van der Waals surface area contributed by atoms with E-state index in [1.165, 1.54) is 12.1 Å². The lowest BCUT2D eigenvalue weighted by molar-refractivity contribution is -0.384. The molecule has 1 heterocycles. The predicted octanol–water partition coefficient (Wildman–Crippen LogP) is 5.76. The number of nitro groups is 1. The van der Waals surface area contributed by atoms with Crippen LogP contribution in [0.25, 0.3) is 17.0 Å². The lowest BCUT2D eigenvalue weighted by Crippen LogP contribution is -2.13. The average Bonchev–Trinajstić information content (AvgIpc) is 3.10. The standard InChI is InChI=1S/C27H22N4O3/c1-18-7-11-22(12-8-18)29-27(32)21(16-28)15-25-19(2)30(26-6-4-3-5-24(25)26)17-20-9-13-23(14-10-20)31(33)34/h3-15H,17H2,1-2H3,(H,29,32). The first-order valence-corrected chi connectivity index (χ1v) is 10.7. The van der Waals surface area contributed by atoms with Crippen molar-refractivity contribution in [2.24, 2.45) is 0 Å². The number of carbonyl (C=O) groups is 1. The summed E-state index contributed by atoms with van der Waals surface area (Å²) in [6, 6.07) is 23.6. The molecule has 1 N–H and O–H groups in total. The largest absolute Gasteiger partial charge is 0.340 e. The summed E-state index contributed by atoms with van der Waals surface area (Å²) in [4.78, 5) is 23.3. The molecule has 0 atom stereocenters. The van der Waals surface area contributed by atoms with Gasteiger partial charge in [-0.3, -0.25) is 14.9 Å². The minimum atomic E-state index is -0.474. The predicted molar refractivity (Wildman–Crippen MR) is 132 cm³/mol. The molecule has 1 amide bonds. The summed E-state index contributed by atoms with van der Waals surface area (Å²) in [7, 11) is 0. The molecular weight excluding hydrogens is 428 g/mol. The van der Waals surface area contributed by atoms with E-state index in [2.05, 4.69) is 9.88 Å². The van der Waals surface area contributed by atoms with Crippen LogP contribution in [-0.4, -0.2) is 15.4 Å². The molecule has 0 unspecified atom stereocenters. The van der Waals surface area contributed by atoms with Crippen LogP contribution in [0.5, 0.6) is 0 Å². The molecule has 0 radical (unpaired) electrons. The Morgan fingerprint density at radius 3 is 2.38 bits per heavy atom. The fourth-order valence-corrected chi connectivity index (χ4v) is 3.88. The monoisotopic (exact) mass is 450 g/mol. The van der Waals surface area contributed by atoms with E-state index in [-0.39, 0.29) is 11.3 Å². The number of fused-ring (bicyclic) bond motifs is 1. The highest BCUT2D eigenvalue weighted by Crippen LogP contribution is 2.29. The van der Waals surface area contributed by atoms with Crippen molar-refractivity contribution < 1.29 is 9.72 Å². The molecular formula is C27H22N4O3. The summed E-state index contributed by atoms with van der Waals surface area (Å²) < 4.78 is 2.08. The van der Waals surface area contributed by atoms with Gasteiger partial charge in [-0.25, -0.2) is 0 Å². The fourth-order valence-electron chi connectivity index (χ4n) is 3.88. The van der Waals surface area contributed by atoms with E-state index in [0.29, 0.717) is 12.2 Å². The smallest absolute Gasteiger partial charge is 0.269 e. The summed E-state index contributed by atoms with van der Waals surface area (Å²) >= 11 is 0. The van der Waals surface area contributed by atoms with Crippen LogP contribution in [0.3, 0.4) is 0 Å². The molecule has 4 aromatic rings. The van der Waals surface area contributed by atoms with Crippen LogP contribution in [0.2, 0.25) is 0 Å². The summed E-state index contributed by atoms with van der Waals surface area (Å²) in [6.07, 6.45) is 1.62. The number of hydrogen-bond acceptors (Lipinski definition) is 4. The minimum absolute atomic E-state index is 0.00177. The number of aromatic nitrogens is 1. The summed E-state index contributed by atoms with van der Waals surface area (Å²) in [6.45, 7) is 4.39. The van der Waals surface area contributed by atoms with Crippen LogP contribution >= 0.6 is 0 Å². The highest BCUT2D eigenvalue weighted by atomic mass is 16.6. The van der Waals surface area contributed by atoms with Crippen LogP contribution in [0.15, 0.2) is 78.4 Å². The van der Waals surface area contributed by atoms with Crippen molar-refractivity contribution in [1.29, 1.82) is 5.26 Å². The van der Waals surface area contributed by atoms with E-state index >= 15 is 0 Å². The number of anilines is 1. The Balaban J connectivity index is 1.71. The first kappa shape index (κ1) is 22.5. The number of para-hydroxylation sites is 1. The number of nitrogens with zero attached hydrogens (tertiary/aromatic N) is 3. The van der Waals surface area contributed by atoms with Gasteiger partial charge in [-0.1, -0.05) is 48.0 Å². The van der Waals surface area contributed by atoms with E-state index in [0.717, 1.165) is 33.3 Å². The van der Waals surface area contributed by atoms with E-state index in [4.69, 9.17) is 0 Å². The minimum Gasteiger partial charge on any atom is -0.340 e. The van der Waals surface area contributed by atoms with E-state index < -0.39 is 10.8 Å². The second-order valence-electron chi connectivity index (χ2n) is 8.02. The molecule has 0 aliphatic carbocycles. The quantitative estimate of drug-likeness (QED) is 0.175. The molecule has 0 saturated heterocycles. The van der Waals surface area contributed by atoms with Crippen LogP contribution in [0, 0.1) is 35.3 Å². The zero-order valence-electron chi connectivity index (χ0n) is 18.8. The highest BCUT2D eigenvalue weighted by molar-refractivity contribution is 6.11. The SMILES string of the molecule is Cc1ccc(NC(=O)C(C#N)=Cc2c(C)n(Cc3ccc([N+](=O)[O-])cc3)c3ccccc23)cc1. The molecule has 0 bridgehead atoms. The molecule has 34 heavy (non-hydrogen) atoms. The van der Waals surface area contributed by atoms with Gasteiger partial charge in [-0.2, -0.15) is 5.26 Å². The molecule has 0 saturated carbocycles. The van der Waals surface area contributed by atoms with E-state index in [1.807, 2.05) is 56.3 Å². The van der Waals surface area contributed by atoms with E-state index in [1.54, 1.807) is 30.3 Å². The van der Waals surface area contributed by atoms with Gasteiger partial charge in [0.25, 0.3) is 11.6 Å². The molecule has 7 nitrogen and oxygen atoms in total. The van der Waals surface area contributed by atoms with Crippen molar-refractivity contribution in [1.82, 2.24) is 4.57 Å². The van der Waals surface area contributed by atoms with Gasteiger partial charge in [-0.05, 0) is 43.7 Å². The van der Waals surface area contributed by atoms with Crippen molar-refractivity contribution in [2.75, 3.05) is 5.32 Å². The van der Waals surface area contributed by atoms with Gasteiger partial charge in [-0.15, -0.1) is 0 Å². The number of aryl methyl sites for hydroxylation is 1. The van der Waals surface area contributed by atoms with E-state index in [9.17, 15) is 20.2 Å². The molecule has 3 aromatic carbocycles. The van der Waals surface area contributed by atoms with Gasteiger partial charge < -0.3 is 9.88 Å². The Hall–Kier alpha value is -4.70. The van der Waals surface area contributed by atoms with Crippen molar-refractivity contribution >= 4 is 34.3 Å². The number of rotatable bonds is 6. The average molecular weight is 450 g/mol. The molecule has 0 aliphatic rings. The van der Waals surface area contributed by atoms with Crippen molar-refractivity contribution in [3.8, 4) is 6.07 Å². The number of nitro benzene ring substituents is 1. The van der Waals surface area contributed by atoms with Gasteiger partial charge in [0, 0.05) is 46.5 Å². The fraction of sp³-hybridized carbons (Fsp3) is 0.111. The van der Waals surface area contributed by atoms with Gasteiger partial charge >= 0.3 is 0 Å². The zero-order chi connectivity index (χ0) is 24.2. The number of benzene rings is 3. The lowest BCUT2D eigenvalue weighted by Gasteiger charge is -2.09. The lowest BCUT2D eigenvalue weighted by atomic mass is 10.1. The van der Waals surface area contributed by atoms with Crippen molar-refractivity contribution in [3.05, 3.63) is 111 Å². The first-order chi connectivity index (χ1) is 16.4. The van der Waals surface area contributed by atoms with Crippen molar-refractivity contribution in [3.63, 3.8) is 0 Å². The van der Waals surface area contributed by atoms with Crippen LogP contribution in [0.4, 0.5) is 11.4 Å². The highest BCUT2D eigenvalue weighted by Gasteiger charge is 2.16. The third-order valence-corrected chi connectivity index (χ3v) is 5.73. The molecule has 1 aromatic heterocycles. The number of nitriles is 1. The molecule has 0 spiro atoms. The number of hydrogen-bond donors (Lipinski definition) is 1. The topological polar surface area (TPSA) is 101 Å². The van der Waals surface area contributed by atoms with Crippen LogP contribution < -0.4 is 5.32 Å². The molecule has 0 aliphatic heterocycles. The first-order valence-electron chi connectivity index (χ1n) is 10.7. The maximum absolute atomic E-state index is 12.8. The Morgan fingerprint density at radius 1 is 1.06 bits per heavy atom. The second-order valence-corrected chi connectivity index (χ2v) is 8.02. The second kappa shape index (κ2) is 9.43. The van der Waals surface area contributed by atoms with Crippen molar-refractivity contribution in [2.45, 2.75) is 20.4 Å². The molecule has 168 valence electrons. The number of nitrogens with one attached hydrogen (secondary N) is 1. The van der Waals surface area contributed by atoms with Gasteiger partial charge in [0.15, 0.2) is 0 Å². The number of carbonyl (C=O) groups excluding carboxylic acids is 1. The molecule has 4 rings (SSSR count).